The van der Waals surface area contributed by atoms with Gasteiger partial charge in [0.1, 0.15) is 5.75 Å². The monoisotopic (exact) mass is 552 g/mol. The van der Waals surface area contributed by atoms with Crippen LogP contribution in [0.3, 0.4) is 0 Å². The summed E-state index contributed by atoms with van der Waals surface area (Å²) in [6, 6.07) is 18.8. The molecule has 1 aliphatic heterocycles. The molecule has 1 saturated heterocycles. The van der Waals surface area contributed by atoms with Crippen molar-refractivity contribution in [3.8, 4) is 16.2 Å². The van der Waals surface area contributed by atoms with Crippen molar-refractivity contribution in [2.45, 2.75) is 38.6 Å². The first-order chi connectivity index (χ1) is 19.8. The molecule has 8 heteroatoms. The highest BCUT2D eigenvalue weighted by Crippen LogP contribution is 2.26. The summed E-state index contributed by atoms with van der Waals surface area (Å²) >= 11 is 1.63. The fourth-order valence-corrected chi connectivity index (χ4v) is 5.16. The Kier molecular flexibility index (Phi) is 10.3. The molecule has 2 aromatic carbocycles. The number of para-hydroxylation sites is 1. The zero-order valence-corrected chi connectivity index (χ0v) is 23.0. The minimum atomic E-state index is -1.91. The van der Waals surface area contributed by atoms with E-state index >= 15 is 0 Å². The van der Waals surface area contributed by atoms with E-state index in [2.05, 4.69) is 4.90 Å². The van der Waals surface area contributed by atoms with Crippen molar-refractivity contribution in [2.75, 3.05) is 46.0 Å². The van der Waals surface area contributed by atoms with Gasteiger partial charge in [-0.15, -0.1) is 11.3 Å². The van der Waals surface area contributed by atoms with Gasteiger partial charge in [-0.3, -0.25) is 14.5 Å². The van der Waals surface area contributed by atoms with Crippen LogP contribution in [0.2, 0.25) is 0 Å². The molecule has 7 nitrogen and oxygen atoms in total. The molecule has 1 amide bonds. The standard InChI is InChI=1S/C31H38N2O5S/c34-30(35)11-2-1-5-20-38-28-9-4-3-8-27(28)24-33(17-7-16-32-18-21-37-22-19-32)31(36)26-14-12-25(13-15-26)29-10-6-23-39-29/h3-4,6,8-10,12-15,23H,1-2,5,7,11,16-22,24H2,(H,34,35)/i17D2. The second-order valence-corrected chi connectivity index (χ2v) is 10.4. The summed E-state index contributed by atoms with van der Waals surface area (Å²) in [7, 11) is 0. The number of carboxylic acid groups (broad SMARTS) is 1. The number of hydrogen-bond donors (Lipinski definition) is 1. The second-order valence-electron chi connectivity index (χ2n) is 9.47. The number of carbonyl (C=O) groups excluding carboxylic acids is 1. The number of unbranched alkanes of at least 4 members (excludes halogenated alkanes) is 2. The van der Waals surface area contributed by atoms with Crippen molar-refractivity contribution in [1.29, 1.82) is 0 Å². The number of benzene rings is 2. The summed E-state index contributed by atoms with van der Waals surface area (Å²) in [6.45, 7) is 1.83. The highest BCUT2D eigenvalue weighted by Gasteiger charge is 2.19. The van der Waals surface area contributed by atoms with Crippen LogP contribution in [0.15, 0.2) is 66.0 Å². The molecular weight excluding hydrogens is 512 g/mol. The van der Waals surface area contributed by atoms with E-state index in [4.69, 9.17) is 17.3 Å². The molecule has 208 valence electrons. The molecular formula is C31H38N2O5S. The van der Waals surface area contributed by atoms with Crippen LogP contribution in [-0.2, 0) is 16.1 Å². The zero-order chi connectivity index (χ0) is 29.1. The van der Waals surface area contributed by atoms with Gasteiger partial charge in [0.25, 0.3) is 5.91 Å². The van der Waals surface area contributed by atoms with E-state index in [1.807, 2.05) is 53.9 Å². The summed E-state index contributed by atoms with van der Waals surface area (Å²) in [4.78, 5) is 29.3. The molecule has 1 aromatic heterocycles. The molecule has 1 N–H and O–H groups in total. The van der Waals surface area contributed by atoms with Crippen molar-refractivity contribution in [2.24, 2.45) is 0 Å². The lowest BCUT2D eigenvalue weighted by atomic mass is 10.1. The lowest BCUT2D eigenvalue weighted by Gasteiger charge is -2.29. The maximum absolute atomic E-state index is 13.9. The number of hydrogen-bond acceptors (Lipinski definition) is 6. The first-order valence-electron chi connectivity index (χ1n) is 14.5. The largest absolute Gasteiger partial charge is 0.493 e. The number of aliphatic carboxylic acids is 1. The Morgan fingerprint density at radius 1 is 1.00 bits per heavy atom. The Labute approximate surface area is 237 Å². The van der Waals surface area contributed by atoms with Crippen LogP contribution >= 0.6 is 11.3 Å². The Morgan fingerprint density at radius 3 is 2.54 bits per heavy atom. The third-order valence-electron chi connectivity index (χ3n) is 6.61. The molecule has 39 heavy (non-hydrogen) atoms. The van der Waals surface area contributed by atoms with Crippen LogP contribution in [0, 0.1) is 0 Å². The molecule has 1 fully saturated rings. The average Bonchev–Trinajstić information content (AvgIpc) is 3.53. The van der Waals surface area contributed by atoms with E-state index in [1.54, 1.807) is 23.5 Å². The number of thiophene rings is 1. The summed E-state index contributed by atoms with van der Waals surface area (Å²) in [5.74, 6) is -0.580. The molecule has 0 atom stereocenters. The number of carbonyl (C=O) groups is 2. The SMILES string of the molecule is [2H]C([2H])(CCN1CCOCC1)N(Cc1ccccc1OCCCCCC(=O)O)C(=O)c1ccc(-c2cccs2)cc1. The molecule has 0 bridgehead atoms. The number of amides is 1. The Morgan fingerprint density at radius 2 is 1.79 bits per heavy atom. The highest BCUT2D eigenvalue weighted by molar-refractivity contribution is 7.13. The molecule has 0 saturated carbocycles. The number of carboxylic acids is 1. The molecule has 2 heterocycles. The van der Waals surface area contributed by atoms with Gasteiger partial charge in [-0.05, 0) is 60.9 Å². The summed E-state index contributed by atoms with van der Waals surface area (Å²) in [5, 5.41) is 10.8. The van der Waals surface area contributed by atoms with Gasteiger partial charge in [0.15, 0.2) is 0 Å². The maximum Gasteiger partial charge on any atom is 0.303 e. The third-order valence-corrected chi connectivity index (χ3v) is 7.53. The van der Waals surface area contributed by atoms with E-state index in [0.29, 0.717) is 50.5 Å². The quantitative estimate of drug-likeness (QED) is 0.240. The van der Waals surface area contributed by atoms with Crippen LogP contribution in [0.5, 0.6) is 5.75 Å². The summed E-state index contributed by atoms with van der Waals surface area (Å²) < 4.78 is 29.5. The van der Waals surface area contributed by atoms with Gasteiger partial charge in [-0.1, -0.05) is 36.4 Å². The van der Waals surface area contributed by atoms with E-state index in [9.17, 15) is 9.59 Å². The summed E-state index contributed by atoms with van der Waals surface area (Å²) in [6.07, 6.45) is 2.35. The van der Waals surface area contributed by atoms with E-state index < -0.39 is 12.5 Å². The van der Waals surface area contributed by atoms with Crippen LogP contribution in [0.1, 0.15) is 50.8 Å². The first kappa shape index (κ1) is 26.0. The van der Waals surface area contributed by atoms with Gasteiger partial charge in [0.2, 0.25) is 0 Å². The molecule has 0 aliphatic carbocycles. The van der Waals surface area contributed by atoms with E-state index in [1.165, 1.54) is 4.90 Å². The van der Waals surface area contributed by atoms with E-state index in [-0.39, 0.29) is 25.3 Å². The van der Waals surface area contributed by atoms with Crippen molar-refractivity contribution in [1.82, 2.24) is 9.80 Å². The number of rotatable bonds is 15. The first-order valence-corrected chi connectivity index (χ1v) is 14.4. The fraction of sp³-hybridized carbons (Fsp3) is 0.419. The normalized spacial score (nSPS) is 14.9. The van der Waals surface area contributed by atoms with Crippen LogP contribution in [-0.4, -0.2) is 72.7 Å². The Bertz CT molecular complexity index is 1250. The molecule has 0 unspecified atom stereocenters. The predicted molar refractivity (Wildman–Crippen MR) is 154 cm³/mol. The van der Waals surface area contributed by atoms with Gasteiger partial charge in [0.05, 0.1) is 19.8 Å². The average molecular weight is 553 g/mol. The molecule has 0 radical (unpaired) electrons. The number of ether oxygens (including phenoxy) is 2. The Hall–Kier alpha value is -3.20. The van der Waals surface area contributed by atoms with Gasteiger partial charge < -0.3 is 19.5 Å². The number of morpholine rings is 1. The maximum atomic E-state index is 13.9. The van der Waals surface area contributed by atoms with Gasteiger partial charge in [-0.25, -0.2) is 0 Å². The Balaban J connectivity index is 1.50. The fourth-order valence-electron chi connectivity index (χ4n) is 4.43. The van der Waals surface area contributed by atoms with Crippen LogP contribution in [0.4, 0.5) is 0 Å². The molecule has 3 aromatic rings. The van der Waals surface area contributed by atoms with Crippen LogP contribution < -0.4 is 4.74 Å². The summed E-state index contributed by atoms with van der Waals surface area (Å²) in [5.41, 5.74) is 2.16. The van der Waals surface area contributed by atoms with E-state index in [0.717, 1.165) is 35.5 Å². The van der Waals surface area contributed by atoms with Crippen molar-refractivity contribution >= 4 is 23.2 Å². The van der Waals surface area contributed by atoms with Gasteiger partial charge in [0, 0.05) is 57.8 Å². The predicted octanol–water partition coefficient (Wildman–Crippen LogP) is 5.80. The smallest absolute Gasteiger partial charge is 0.303 e. The second kappa shape index (κ2) is 15.4. The van der Waals surface area contributed by atoms with Crippen molar-refractivity contribution in [3.05, 3.63) is 77.2 Å². The van der Waals surface area contributed by atoms with Crippen molar-refractivity contribution < 1.29 is 26.9 Å². The highest BCUT2D eigenvalue weighted by atomic mass is 32.1. The third kappa shape index (κ3) is 9.20. The topological polar surface area (TPSA) is 79.3 Å². The van der Waals surface area contributed by atoms with Gasteiger partial charge in [-0.2, -0.15) is 0 Å². The molecule has 1 aliphatic rings. The van der Waals surface area contributed by atoms with Gasteiger partial charge >= 0.3 is 5.97 Å². The van der Waals surface area contributed by atoms with Crippen molar-refractivity contribution in [3.63, 3.8) is 0 Å². The minimum Gasteiger partial charge on any atom is -0.493 e. The lowest BCUT2D eigenvalue weighted by Crippen LogP contribution is -2.39. The zero-order valence-electron chi connectivity index (χ0n) is 24.2. The minimum absolute atomic E-state index is 0.0524. The van der Waals surface area contributed by atoms with Crippen LogP contribution in [0.25, 0.3) is 10.4 Å². The lowest BCUT2D eigenvalue weighted by molar-refractivity contribution is -0.137. The molecule has 4 rings (SSSR count). The number of nitrogens with zero attached hydrogens (tertiary/aromatic N) is 2. The molecule has 0 spiro atoms.